The Morgan fingerprint density at radius 2 is 1.94 bits per heavy atom. The van der Waals surface area contributed by atoms with Crippen molar-refractivity contribution >= 4 is 21.7 Å². The van der Waals surface area contributed by atoms with Crippen LogP contribution in [0.25, 0.3) is 5.69 Å². The van der Waals surface area contributed by atoms with Crippen molar-refractivity contribution in [2.75, 3.05) is 5.73 Å². The number of benzene rings is 1. The minimum absolute atomic E-state index is 0.508. The van der Waals surface area contributed by atoms with Crippen molar-refractivity contribution in [3.8, 4) is 11.8 Å². The molecule has 2 N–H and O–H groups in total. The summed E-state index contributed by atoms with van der Waals surface area (Å²) in [6.07, 6.45) is 0. The molecule has 0 aliphatic rings. The Kier molecular flexibility index (Phi) is 3.18. The molecule has 4 heteroatoms. The summed E-state index contributed by atoms with van der Waals surface area (Å²) >= 11 is 3.47. The predicted octanol–water partition coefficient (Wildman–Crippen LogP) is 3.62. The second kappa shape index (κ2) is 4.51. The topological polar surface area (TPSA) is 54.7 Å². The molecule has 0 bridgehead atoms. The number of hydrogen-bond donors (Lipinski definition) is 1. The fourth-order valence-electron chi connectivity index (χ4n) is 2.11. The fraction of sp³-hybridized carbons (Fsp3) is 0.214. The third-order valence-corrected chi connectivity index (χ3v) is 3.77. The largest absolute Gasteiger partial charge is 0.384 e. The Labute approximate surface area is 115 Å². The van der Waals surface area contributed by atoms with Crippen LogP contribution in [0.4, 0.5) is 5.82 Å². The lowest BCUT2D eigenvalue weighted by molar-refractivity contribution is 1.00. The van der Waals surface area contributed by atoms with E-state index in [1.165, 1.54) is 0 Å². The van der Waals surface area contributed by atoms with E-state index in [1.807, 2.05) is 43.5 Å². The summed E-state index contributed by atoms with van der Waals surface area (Å²) < 4.78 is 2.93. The van der Waals surface area contributed by atoms with E-state index in [0.717, 1.165) is 27.0 Å². The Balaban J connectivity index is 2.80. The average molecular weight is 304 g/mol. The summed E-state index contributed by atoms with van der Waals surface area (Å²) in [5.41, 5.74) is 10.7. The van der Waals surface area contributed by atoms with Crippen molar-refractivity contribution < 1.29 is 0 Å². The molecular formula is C14H14BrN3. The molecule has 1 aromatic heterocycles. The van der Waals surface area contributed by atoms with E-state index >= 15 is 0 Å². The van der Waals surface area contributed by atoms with Gasteiger partial charge in [-0.1, -0.05) is 22.0 Å². The molecule has 2 aromatic rings. The first kappa shape index (κ1) is 12.7. The van der Waals surface area contributed by atoms with Crippen LogP contribution in [0.1, 0.15) is 22.4 Å². The fourth-order valence-corrected chi connectivity index (χ4v) is 2.46. The van der Waals surface area contributed by atoms with Gasteiger partial charge in [-0.2, -0.15) is 5.26 Å². The van der Waals surface area contributed by atoms with Crippen LogP contribution in [0, 0.1) is 32.1 Å². The number of aryl methyl sites for hydroxylation is 1. The van der Waals surface area contributed by atoms with E-state index in [9.17, 15) is 0 Å². The van der Waals surface area contributed by atoms with Crippen LogP contribution in [-0.2, 0) is 0 Å². The highest BCUT2D eigenvalue weighted by Gasteiger charge is 2.17. The summed E-state index contributed by atoms with van der Waals surface area (Å²) in [6.45, 7) is 5.93. The maximum absolute atomic E-state index is 9.16. The first-order chi connectivity index (χ1) is 8.47. The zero-order valence-electron chi connectivity index (χ0n) is 10.6. The zero-order valence-corrected chi connectivity index (χ0v) is 12.2. The first-order valence-corrected chi connectivity index (χ1v) is 6.40. The molecule has 3 nitrogen and oxygen atoms in total. The molecule has 0 aliphatic heterocycles. The number of nitrogens with two attached hydrogens (primary N) is 1. The summed E-state index contributed by atoms with van der Waals surface area (Å²) in [5, 5.41) is 9.16. The van der Waals surface area contributed by atoms with Crippen LogP contribution in [0.3, 0.4) is 0 Å². The number of aromatic nitrogens is 1. The predicted molar refractivity (Wildman–Crippen MR) is 76.8 cm³/mol. The van der Waals surface area contributed by atoms with E-state index in [0.29, 0.717) is 11.4 Å². The number of nitrogen functional groups attached to an aromatic ring is 1. The lowest BCUT2D eigenvalue weighted by Gasteiger charge is -2.12. The van der Waals surface area contributed by atoms with Gasteiger partial charge in [-0.05, 0) is 44.0 Å². The van der Waals surface area contributed by atoms with Crippen LogP contribution >= 0.6 is 15.9 Å². The van der Waals surface area contributed by atoms with Crippen LogP contribution in [-0.4, -0.2) is 4.57 Å². The van der Waals surface area contributed by atoms with E-state index in [2.05, 4.69) is 22.0 Å². The highest BCUT2D eigenvalue weighted by atomic mass is 79.9. The van der Waals surface area contributed by atoms with Gasteiger partial charge in [0.15, 0.2) is 0 Å². The molecule has 0 saturated heterocycles. The Morgan fingerprint density at radius 3 is 2.50 bits per heavy atom. The summed E-state index contributed by atoms with van der Waals surface area (Å²) in [7, 11) is 0. The second-order valence-corrected chi connectivity index (χ2v) is 5.26. The van der Waals surface area contributed by atoms with Crippen LogP contribution in [0.2, 0.25) is 0 Å². The molecule has 0 unspecified atom stereocenters. The standard InChI is InChI=1S/C14H14BrN3/c1-8-4-5-11(15)6-13(8)18-10(3)9(2)12(7-16)14(18)17/h4-6H,17H2,1-3H3. The summed E-state index contributed by atoms with van der Waals surface area (Å²) in [5.74, 6) is 0.508. The van der Waals surface area contributed by atoms with Crippen molar-refractivity contribution in [1.29, 1.82) is 5.26 Å². The molecule has 0 amide bonds. The van der Waals surface area contributed by atoms with Crippen molar-refractivity contribution in [2.45, 2.75) is 20.8 Å². The van der Waals surface area contributed by atoms with Crippen molar-refractivity contribution in [2.24, 2.45) is 0 Å². The molecule has 0 atom stereocenters. The summed E-state index contributed by atoms with van der Waals surface area (Å²) in [4.78, 5) is 0. The lowest BCUT2D eigenvalue weighted by Crippen LogP contribution is -2.04. The molecule has 2 rings (SSSR count). The maximum Gasteiger partial charge on any atom is 0.126 e. The second-order valence-electron chi connectivity index (χ2n) is 4.35. The smallest absolute Gasteiger partial charge is 0.126 e. The first-order valence-electron chi connectivity index (χ1n) is 5.61. The molecule has 0 aliphatic carbocycles. The van der Waals surface area contributed by atoms with Crippen molar-refractivity contribution in [1.82, 2.24) is 4.57 Å². The minimum atomic E-state index is 0.508. The Bertz CT molecular complexity index is 663. The van der Waals surface area contributed by atoms with Crippen molar-refractivity contribution in [3.05, 3.63) is 45.1 Å². The van der Waals surface area contributed by atoms with E-state index in [-0.39, 0.29) is 0 Å². The van der Waals surface area contributed by atoms with E-state index in [1.54, 1.807) is 0 Å². The number of nitriles is 1. The minimum Gasteiger partial charge on any atom is -0.384 e. The van der Waals surface area contributed by atoms with Gasteiger partial charge in [-0.3, -0.25) is 4.57 Å². The van der Waals surface area contributed by atoms with Gasteiger partial charge in [-0.15, -0.1) is 0 Å². The van der Waals surface area contributed by atoms with Gasteiger partial charge >= 0.3 is 0 Å². The number of halogens is 1. The van der Waals surface area contributed by atoms with Gasteiger partial charge in [0, 0.05) is 10.2 Å². The quantitative estimate of drug-likeness (QED) is 0.875. The Hall–Kier alpha value is -1.73. The average Bonchev–Trinajstić information content (AvgIpc) is 2.54. The SMILES string of the molecule is Cc1ccc(Br)cc1-n1c(C)c(C)c(C#N)c1N. The van der Waals surface area contributed by atoms with Gasteiger partial charge in [0.25, 0.3) is 0 Å². The third-order valence-electron chi connectivity index (χ3n) is 3.27. The highest BCUT2D eigenvalue weighted by molar-refractivity contribution is 9.10. The monoisotopic (exact) mass is 303 g/mol. The molecule has 18 heavy (non-hydrogen) atoms. The van der Waals surface area contributed by atoms with Gasteiger partial charge in [0.05, 0.1) is 11.3 Å². The molecule has 1 heterocycles. The van der Waals surface area contributed by atoms with Crippen LogP contribution < -0.4 is 5.73 Å². The van der Waals surface area contributed by atoms with E-state index in [4.69, 9.17) is 11.0 Å². The molecule has 0 fully saturated rings. The maximum atomic E-state index is 9.16. The van der Waals surface area contributed by atoms with Gasteiger partial charge < -0.3 is 5.73 Å². The lowest BCUT2D eigenvalue weighted by atomic mass is 10.2. The molecular weight excluding hydrogens is 290 g/mol. The van der Waals surface area contributed by atoms with Crippen LogP contribution in [0.15, 0.2) is 22.7 Å². The van der Waals surface area contributed by atoms with Gasteiger partial charge in [0.1, 0.15) is 11.9 Å². The summed E-state index contributed by atoms with van der Waals surface area (Å²) in [6, 6.07) is 8.20. The third kappa shape index (κ3) is 1.81. The number of hydrogen-bond acceptors (Lipinski definition) is 2. The van der Waals surface area contributed by atoms with Crippen molar-refractivity contribution in [3.63, 3.8) is 0 Å². The molecule has 0 saturated carbocycles. The normalized spacial score (nSPS) is 10.4. The van der Waals surface area contributed by atoms with Gasteiger partial charge in [0.2, 0.25) is 0 Å². The highest BCUT2D eigenvalue weighted by Crippen LogP contribution is 2.30. The number of rotatable bonds is 1. The molecule has 1 aromatic carbocycles. The number of nitrogens with zero attached hydrogens (tertiary/aromatic N) is 2. The number of anilines is 1. The molecule has 0 radical (unpaired) electrons. The van der Waals surface area contributed by atoms with Crippen LogP contribution in [0.5, 0.6) is 0 Å². The van der Waals surface area contributed by atoms with E-state index < -0.39 is 0 Å². The zero-order chi connectivity index (χ0) is 13.4. The molecule has 0 spiro atoms. The van der Waals surface area contributed by atoms with Gasteiger partial charge in [-0.25, -0.2) is 0 Å². The molecule has 92 valence electrons. The Morgan fingerprint density at radius 1 is 1.28 bits per heavy atom.